The summed E-state index contributed by atoms with van der Waals surface area (Å²) < 4.78 is 16.5. The van der Waals surface area contributed by atoms with Crippen LogP contribution in [0.5, 0.6) is 0 Å². The minimum Gasteiger partial charge on any atom is -0.384 e. The Hall–Kier alpha value is -0.420. The van der Waals surface area contributed by atoms with Gasteiger partial charge in [0.05, 0.1) is 12.4 Å². The first-order valence-electron chi connectivity index (χ1n) is 4.98. The molecule has 0 bridgehead atoms. The summed E-state index contributed by atoms with van der Waals surface area (Å²) in [6.07, 6.45) is 0. The van der Waals surface area contributed by atoms with Crippen LogP contribution in [0.25, 0.3) is 0 Å². The zero-order valence-corrected chi connectivity index (χ0v) is 10.8. The van der Waals surface area contributed by atoms with Crippen LogP contribution in [-0.4, -0.2) is 23.7 Å². The van der Waals surface area contributed by atoms with E-state index in [4.69, 9.17) is 22.1 Å². The molecule has 0 aliphatic heterocycles. The van der Waals surface area contributed by atoms with E-state index in [0.717, 1.165) is 11.1 Å². The van der Waals surface area contributed by atoms with Gasteiger partial charge in [0.1, 0.15) is 0 Å². The molecule has 0 aliphatic carbocycles. The maximum Gasteiger partial charge on any atom is 0.0577 e. The molecule has 0 saturated carbocycles. The molecule has 2 N–H and O–H groups in total. The standard InChI is InChI=1S/C11H16ClNO2S/c1-15-4-5-16(14)8-10-3-2-9(7-13)6-11(10)12/h2-3,6H,4-5,7-8,13H2,1H3. The molecule has 16 heavy (non-hydrogen) atoms. The van der Waals surface area contributed by atoms with Gasteiger partial charge in [-0.05, 0) is 17.2 Å². The fourth-order valence-corrected chi connectivity index (χ4v) is 2.70. The fraction of sp³-hybridized carbons (Fsp3) is 0.455. The van der Waals surface area contributed by atoms with Crippen molar-refractivity contribution in [3.8, 4) is 0 Å². The molecule has 0 saturated heterocycles. The molecule has 1 rings (SSSR count). The van der Waals surface area contributed by atoms with Gasteiger partial charge in [-0.2, -0.15) is 0 Å². The molecule has 1 unspecified atom stereocenters. The van der Waals surface area contributed by atoms with Crippen molar-refractivity contribution in [2.24, 2.45) is 5.73 Å². The van der Waals surface area contributed by atoms with E-state index in [9.17, 15) is 4.21 Å². The fourth-order valence-electron chi connectivity index (χ4n) is 1.26. The Morgan fingerprint density at radius 3 is 2.81 bits per heavy atom. The monoisotopic (exact) mass is 261 g/mol. The van der Waals surface area contributed by atoms with Crippen molar-refractivity contribution in [3.05, 3.63) is 34.3 Å². The van der Waals surface area contributed by atoms with Gasteiger partial charge in [-0.1, -0.05) is 23.7 Å². The molecular weight excluding hydrogens is 246 g/mol. The zero-order chi connectivity index (χ0) is 12.0. The summed E-state index contributed by atoms with van der Waals surface area (Å²) in [5, 5.41) is 0.633. The molecule has 0 radical (unpaired) electrons. The lowest BCUT2D eigenvalue weighted by molar-refractivity contribution is 0.218. The lowest BCUT2D eigenvalue weighted by Gasteiger charge is -2.06. The van der Waals surface area contributed by atoms with Crippen LogP contribution in [0, 0.1) is 0 Å². The van der Waals surface area contributed by atoms with E-state index in [1.807, 2.05) is 18.2 Å². The van der Waals surface area contributed by atoms with Gasteiger partial charge in [0.15, 0.2) is 0 Å². The number of halogens is 1. The Kier molecular flexibility index (Phi) is 5.98. The number of benzene rings is 1. The number of nitrogens with two attached hydrogens (primary N) is 1. The van der Waals surface area contributed by atoms with Crippen molar-refractivity contribution in [1.29, 1.82) is 0 Å². The molecule has 90 valence electrons. The van der Waals surface area contributed by atoms with Crippen LogP contribution in [0.15, 0.2) is 18.2 Å². The van der Waals surface area contributed by atoms with E-state index < -0.39 is 10.8 Å². The predicted octanol–water partition coefficient (Wildman–Crippen LogP) is 1.69. The largest absolute Gasteiger partial charge is 0.384 e. The number of hydrogen-bond acceptors (Lipinski definition) is 3. The lowest BCUT2D eigenvalue weighted by Crippen LogP contribution is -2.07. The molecule has 1 aromatic carbocycles. The third-order valence-electron chi connectivity index (χ3n) is 2.18. The van der Waals surface area contributed by atoms with Crippen LogP contribution in [-0.2, 0) is 27.8 Å². The van der Waals surface area contributed by atoms with Crippen LogP contribution < -0.4 is 5.73 Å². The molecule has 3 nitrogen and oxygen atoms in total. The Morgan fingerprint density at radius 2 is 2.25 bits per heavy atom. The topological polar surface area (TPSA) is 52.3 Å². The first kappa shape index (κ1) is 13.6. The van der Waals surface area contributed by atoms with Crippen LogP contribution >= 0.6 is 11.6 Å². The molecule has 0 spiro atoms. The minimum absolute atomic E-state index is 0.465. The third kappa shape index (κ3) is 4.22. The number of rotatable bonds is 6. The van der Waals surface area contributed by atoms with Gasteiger partial charge in [-0.25, -0.2) is 0 Å². The van der Waals surface area contributed by atoms with E-state index in [-0.39, 0.29) is 0 Å². The van der Waals surface area contributed by atoms with Crippen LogP contribution in [0.1, 0.15) is 11.1 Å². The summed E-state index contributed by atoms with van der Waals surface area (Å²) in [5.74, 6) is 0.999. The average Bonchev–Trinajstić information content (AvgIpc) is 2.29. The van der Waals surface area contributed by atoms with Crippen molar-refractivity contribution in [2.75, 3.05) is 19.5 Å². The lowest BCUT2D eigenvalue weighted by atomic mass is 10.1. The number of hydrogen-bond donors (Lipinski definition) is 1. The molecule has 0 amide bonds. The van der Waals surface area contributed by atoms with E-state index in [1.165, 1.54) is 0 Å². The second-order valence-electron chi connectivity index (χ2n) is 3.41. The summed E-state index contributed by atoms with van der Waals surface area (Å²) in [6.45, 7) is 0.970. The van der Waals surface area contributed by atoms with Crippen molar-refractivity contribution < 1.29 is 8.95 Å². The van der Waals surface area contributed by atoms with Gasteiger partial charge >= 0.3 is 0 Å². The first-order chi connectivity index (χ1) is 7.67. The van der Waals surface area contributed by atoms with Crippen molar-refractivity contribution in [2.45, 2.75) is 12.3 Å². The van der Waals surface area contributed by atoms with Gasteiger partial charge < -0.3 is 10.5 Å². The van der Waals surface area contributed by atoms with E-state index >= 15 is 0 Å². The normalized spacial score (nSPS) is 12.7. The van der Waals surface area contributed by atoms with Crippen LogP contribution in [0.2, 0.25) is 5.02 Å². The first-order valence-corrected chi connectivity index (χ1v) is 6.85. The molecule has 1 aromatic rings. The Balaban J connectivity index is 2.63. The van der Waals surface area contributed by atoms with Gasteiger partial charge in [0, 0.05) is 35.2 Å². The summed E-state index contributed by atoms with van der Waals surface area (Å²) in [6, 6.07) is 5.62. The van der Waals surface area contributed by atoms with Crippen molar-refractivity contribution in [1.82, 2.24) is 0 Å². The SMILES string of the molecule is COCCS(=O)Cc1ccc(CN)cc1Cl. The minimum atomic E-state index is -0.930. The molecule has 1 atom stereocenters. The van der Waals surface area contributed by atoms with E-state index in [1.54, 1.807) is 7.11 Å². The Labute approximate surface area is 103 Å². The molecule has 0 heterocycles. The predicted molar refractivity (Wildman–Crippen MR) is 67.9 cm³/mol. The molecule has 0 fully saturated rings. The zero-order valence-electron chi connectivity index (χ0n) is 9.24. The van der Waals surface area contributed by atoms with Gasteiger partial charge in [0.25, 0.3) is 0 Å². The second kappa shape index (κ2) is 7.01. The average molecular weight is 262 g/mol. The van der Waals surface area contributed by atoms with Crippen molar-refractivity contribution >= 4 is 22.4 Å². The number of ether oxygens (including phenoxy) is 1. The summed E-state index contributed by atoms with van der Waals surface area (Å²) in [5.41, 5.74) is 7.38. The maximum absolute atomic E-state index is 11.6. The molecule has 5 heteroatoms. The maximum atomic E-state index is 11.6. The summed E-state index contributed by atoms with van der Waals surface area (Å²) in [4.78, 5) is 0. The highest BCUT2D eigenvalue weighted by molar-refractivity contribution is 7.84. The van der Waals surface area contributed by atoms with Gasteiger partial charge in [0.2, 0.25) is 0 Å². The smallest absolute Gasteiger partial charge is 0.0577 e. The number of methoxy groups -OCH3 is 1. The van der Waals surface area contributed by atoms with Gasteiger partial charge in [-0.3, -0.25) is 4.21 Å². The van der Waals surface area contributed by atoms with Crippen molar-refractivity contribution in [3.63, 3.8) is 0 Å². The molecular formula is C11H16ClNO2S. The van der Waals surface area contributed by atoms with Crippen LogP contribution in [0.3, 0.4) is 0 Å². The molecule has 0 aliphatic rings. The van der Waals surface area contributed by atoms with E-state index in [2.05, 4.69) is 0 Å². The van der Waals surface area contributed by atoms with Crippen LogP contribution in [0.4, 0.5) is 0 Å². The van der Waals surface area contributed by atoms with E-state index in [0.29, 0.717) is 29.7 Å². The highest BCUT2D eigenvalue weighted by atomic mass is 35.5. The van der Waals surface area contributed by atoms with Gasteiger partial charge in [-0.15, -0.1) is 0 Å². The Bertz CT molecular complexity index is 371. The highest BCUT2D eigenvalue weighted by Crippen LogP contribution is 2.19. The molecule has 0 aromatic heterocycles. The summed E-state index contributed by atoms with van der Waals surface area (Å²) >= 11 is 6.07. The quantitative estimate of drug-likeness (QED) is 0.848. The Morgan fingerprint density at radius 1 is 1.50 bits per heavy atom. The second-order valence-corrected chi connectivity index (χ2v) is 5.39. The summed E-state index contributed by atoms with van der Waals surface area (Å²) in [7, 11) is 0.667. The third-order valence-corrected chi connectivity index (χ3v) is 3.79. The highest BCUT2D eigenvalue weighted by Gasteiger charge is 2.06.